The predicted molar refractivity (Wildman–Crippen MR) is 90.0 cm³/mol. The molecule has 0 radical (unpaired) electrons. The SMILES string of the molecule is C=CCN(C(=O)c1ccc2ccccc2n1)[C@H]1CCS(=O)(=O)C1. The predicted octanol–water partition coefficient (Wildman–Crippen LogP) is 2.05. The second-order valence-corrected chi connectivity index (χ2v) is 7.92. The van der Waals surface area contributed by atoms with Gasteiger partial charge in [0.05, 0.1) is 17.0 Å². The molecule has 1 aromatic heterocycles. The number of carbonyl (C=O) groups excluding carboxylic acids is 1. The molecule has 0 saturated carbocycles. The lowest BCUT2D eigenvalue weighted by molar-refractivity contribution is 0.0715. The molecule has 0 unspecified atom stereocenters. The Morgan fingerprint density at radius 2 is 2.09 bits per heavy atom. The van der Waals surface area contributed by atoms with Gasteiger partial charge >= 0.3 is 0 Å². The first-order valence-corrected chi connectivity index (χ1v) is 9.30. The largest absolute Gasteiger partial charge is 0.330 e. The summed E-state index contributed by atoms with van der Waals surface area (Å²) in [7, 11) is -3.06. The number of carbonyl (C=O) groups is 1. The van der Waals surface area contributed by atoms with Crippen LogP contribution >= 0.6 is 0 Å². The summed E-state index contributed by atoms with van der Waals surface area (Å²) in [4.78, 5) is 18.8. The number of fused-ring (bicyclic) bond motifs is 1. The van der Waals surface area contributed by atoms with Crippen molar-refractivity contribution < 1.29 is 13.2 Å². The van der Waals surface area contributed by atoms with Crippen molar-refractivity contribution in [2.45, 2.75) is 12.5 Å². The quantitative estimate of drug-likeness (QED) is 0.805. The minimum absolute atomic E-state index is 0.0140. The molecule has 1 atom stereocenters. The molecule has 2 aromatic rings. The number of para-hydroxylation sites is 1. The van der Waals surface area contributed by atoms with E-state index in [2.05, 4.69) is 11.6 Å². The number of benzene rings is 1. The molecule has 1 aliphatic heterocycles. The van der Waals surface area contributed by atoms with Gasteiger partial charge in [0, 0.05) is 18.0 Å². The number of aromatic nitrogens is 1. The van der Waals surface area contributed by atoms with Crippen molar-refractivity contribution in [3.8, 4) is 0 Å². The van der Waals surface area contributed by atoms with Crippen molar-refractivity contribution in [2.75, 3.05) is 18.1 Å². The minimum atomic E-state index is -3.06. The number of pyridine rings is 1. The van der Waals surface area contributed by atoms with Crippen molar-refractivity contribution in [1.29, 1.82) is 0 Å². The lowest BCUT2D eigenvalue weighted by Crippen LogP contribution is -2.41. The van der Waals surface area contributed by atoms with Crippen LogP contribution in [0.5, 0.6) is 0 Å². The van der Waals surface area contributed by atoms with E-state index in [-0.39, 0.29) is 23.5 Å². The van der Waals surface area contributed by atoms with E-state index in [4.69, 9.17) is 0 Å². The van der Waals surface area contributed by atoms with Gasteiger partial charge in [-0.15, -0.1) is 6.58 Å². The molecule has 0 spiro atoms. The van der Waals surface area contributed by atoms with Gasteiger partial charge in [0.2, 0.25) is 0 Å². The Kier molecular flexibility index (Phi) is 4.17. The third-order valence-corrected chi connectivity index (χ3v) is 5.80. The number of nitrogens with zero attached hydrogens (tertiary/aromatic N) is 2. The maximum absolute atomic E-state index is 12.8. The molecular formula is C17H18N2O3S. The maximum atomic E-state index is 12.8. The Labute approximate surface area is 135 Å². The van der Waals surface area contributed by atoms with Crippen LogP contribution in [0.25, 0.3) is 10.9 Å². The molecule has 1 aliphatic rings. The van der Waals surface area contributed by atoms with Crippen LogP contribution in [0.4, 0.5) is 0 Å². The lowest BCUT2D eigenvalue weighted by atomic mass is 10.1. The third kappa shape index (κ3) is 3.27. The van der Waals surface area contributed by atoms with Crippen LogP contribution in [0.15, 0.2) is 49.1 Å². The third-order valence-electron chi connectivity index (χ3n) is 4.05. The normalized spacial score (nSPS) is 19.6. The Morgan fingerprint density at radius 3 is 2.78 bits per heavy atom. The minimum Gasteiger partial charge on any atom is -0.330 e. The van der Waals surface area contributed by atoms with Crippen LogP contribution in [0.3, 0.4) is 0 Å². The average molecular weight is 330 g/mol. The molecule has 0 N–H and O–H groups in total. The van der Waals surface area contributed by atoms with Gasteiger partial charge in [-0.3, -0.25) is 4.79 Å². The number of amides is 1. The van der Waals surface area contributed by atoms with E-state index in [1.54, 1.807) is 17.0 Å². The summed E-state index contributed by atoms with van der Waals surface area (Å²) in [5.41, 5.74) is 1.07. The van der Waals surface area contributed by atoms with Gasteiger partial charge in [-0.1, -0.05) is 30.3 Å². The standard InChI is InChI=1S/C17H18N2O3S/c1-2-10-19(14-9-11-23(21,22)12-14)17(20)16-8-7-13-5-3-4-6-15(13)18-16/h2-8,14H,1,9-12H2/t14-/m0/s1. The molecule has 0 aliphatic carbocycles. The van der Waals surface area contributed by atoms with Gasteiger partial charge in [-0.05, 0) is 18.6 Å². The highest BCUT2D eigenvalue weighted by Crippen LogP contribution is 2.20. The number of sulfone groups is 1. The highest BCUT2D eigenvalue weighted by atomic mass is 32.2. The molecule has 0 bridgehead atoms. The summed E-state index contributed by atoms with van der Waals surface area (Å²) in [6, 6.07) is 10.8. The molecule has 5 nitrogen and oxygen atoms in total. The molecule has 1 amide bonds. The average Bonchev–Trinajstić information content (AvgIpc) is 2.91. The van der Waals surface area contributed by atoms with Crippen molar-refractivity contribution in [1.82, 2.24) is 9.88 Å². The fraction of sp³-hybridized carbons (Fsp3) is 0.294. The Morgan fingerprint density at radius 1 is 1.30 bits per heavy atom. The zero-order valence-electron chi connectivity index (χ0n) is 12.7. The van der Waals surface area contributed by atoms with E-state index in [0.717, 1.165) is 10.9 Å². The maximum Gasteiger partial charge on any atom is 0.273 e. The Hall–Kier alpha value is -2.21. The summed E-state index contributed by atoms with van der Waals surface area (Å²) < 4.78 is 23.4. The van der Waals surface area contributed by atoms with E-state index >= 15 is 0 Å². The van der Waals surface area contributed by atoms with Gasteiger partial charge in [0.25, 0.3) is 5.91 Å². The van der Waals surface area contributed by atoms with E-state index in [1.807, 2.05) is 30.3 Å². The summed E-state index contributed by atoms with van der Waals surface area (Å²) in [5.74, 6) is -0.109. The monoisotopic (exact) mass is 330 g/mol. The highest BCUT2D eigenvalue weighted by Gasteiger charge is 2.34. The molecular weight excluding hydrogens is 312 g/mol. The van der Waals surface area contributed by atoms with E-state index in [1.165, 1.54) is 0 Å². The molecule has 1 aromatic carbocycles. The first kappa shape index (κ1) is 15.7. The van der Waals surface area contributed by atoms with Crippen LogP contribution in [0.1, 0.15) is 16.9 Å². The van der Waals surface area contributed by atoms with E-state index < -0.39 is 9.84 Å². The first-order chi connectivity index (χ1) is 11.0. The van der Waals surface area contributed by atoms with Crippen molar-refractivity contribution >= 4 is 26.6 Å². The topological polar surface area (TPSA) is 67.3 Å². The van der Waals surface area contributed by atoms with Gasteiger partial charge in [0.1, 0.15) is 5.69 Å². The Bertz CT molecular complexity index is 861. The van der Waals surface area contributed by atoms with Crippen molar-refractivity contribution in [3.63, 3.8) is 0 Å². The summed E-state index contributed by atoms with van der Waals surface area (Å²) in [6.07, 6.45) is 2.08. The molecule has 23 heavy (non-hydrogen) atoms. The molecule has 2 heterocycles. The van der Waals surface area contributed by atoms with Gasteiger partial charge < -0.3 is 4.90 Å². The molecule has 3 rings (SSSR count). The smallest absolute Gasteiger partial charge is 0.273 e. The van der Waals surface area contributed by atoms with Crippen LogP contribution in [0, 0.1) is 0 Å². The zero-order chi connectivity index (χ0) is 16.4. The van der Waals surface area contributed by atoms with Crippen molar-refractivity contribution in [3.05, 3.63) is 54.7 Å². The molecule has 1 saturated heterocycles. The number of rotatable bonds is 4. The van der Waals surface area contributed by atoms with Crippen LogP contribution in [-0.4, -0.2) is 48.3 Å². The fourth-order valence-electron chi connectivity index (χ4n) is 2.89. The zero-order valence-corrected chi connectivity index (χ0v) is 13.5. The second kappa shape index (κ2) is 6.12. The van der Waals surface area contributed by atoms with Crippen LogP contribution in [0.2, 0.25) is 0 Å². The molecule has 1 fully saturated rings. The Balaban J connectivity index is 1.92. The number of hydrogen-bond donors (Lipinski definition) is 0. The number of hydrogen-bond acceptors (Lipinski definition) is 4. The fourth-order valence-corrected chi connectivity index (χ4v) is 4.62. The van der Waals surface area contributed by atoms with E-state index in [0.29, 0.717) is 18.7 Å². The van der Waals surface area contributed by atoms with Crippen LogP contribution < -0.4 is 0 Å². The van der Waals surface area contributed by atoms with Gasteiger partial charge in [0.15, 0.2) is 9.84 Å². The summed E-state index contributed by atoms with van der Waals surface area (Å²) in [6.45, 7) is 3.98. The highest BCUT2D eigenvalue weighted by molar-refractivity contribution is 7.91. The van der Waals surface area contributed by atoms with Crippen molar-refractivity contribution in [2.24, 2.45) is 0 Å². The first-order valence-electron chi connectivity index (χ1n) is 7.48. The summed E-state index contributed by atoms with van der Waals surface area (Å²) in [5, 5.41) is 0.961. The molecule has 120 valence electrons. The summed E-state index contributed by atoms with van der Waals surface area (Å²) >= 11 is 0. The lowest BCUT2D eigenvalue weighted by Gasteiger charge is -2.26. The van der Waals surface area contributed by atoms with Crippen LogP contribution in [-0.2, 0) is 9.84 Å². The second-order valence-electron chi connectivity index (χ2n) is 5.69. The molecule has 6 heteroatoms. The van der Waals surface area contributed by atoms with Gasteiger partial charge in [-0.25, -0.2) is 13.4 Å². The van der Waals surface area contributed by atoms with E-state index in [9.17, 15) is 13.2 Å². The van der Waals surface area contributed by atoms with Gasteiger partial charge in [-0.2, -0.15) is 0 Å².